The third-order valence-corrected chi connectivity index (χ3v) is 8.25. The Hall–Kier alpha value is -0.170. The van der Waals surface area contributed by atoms with Crippen LogP contribution in [0.1, 0.15) is 27.7 Å². The van der Waals surface area contributed by atoms with Crippen molar-refractivity contribution < 1.29 is 4.52 Å². The summed E-state index contributed by atoms with van der Waals surface area (Å²) in [6, 6.07) is 10.2. The number of rotatable bonds is 3. The van der Waals surface area contributed by atoms with Crippen LogP contribution in [0.25, 0.3) is 0 Å². The molecule has 1 unspecified atom stereocenters. The molecule has 1 nitrogen and oxygen atoms in total. The van der Waals surface area contributed by atoms with E-state index >= 15 is 0 Å². The van der Waals surface area contributed by atoms with Gasteiger partial charge in [0.15, 0.2) is 0 Å². The van der Waals surface area contributed by atoms with Gasteiger partial charge in [-0.05, 0) is 6.92 Å². The molecule has 0 N–H and O–H groups in total. The molecule has 0 amide bonds. The van der Waals surface area contributed by atoms with Crippen molar-refractivity contribution in [1.29, 1.82) is 0 Å². The molecule has 0 fully saturated rings. The van der Waals surface area contributed by atoms with E-state index < -0.39 is 6.26 Å². The van der Waals surface area contributed by atoms with E-state index in [-0.39, 0.29) is 5.16 Å². The predicted molar refractivity (Wildman–Crippen MR) is 71.7 cm³/mol. The third kappa shape index (κ3) is 2.69. The van der Waals surface area contributed by atoms with Crippen LogP contribution in [0.15, 0.2) is 30.3 Å². The quantitative estimate of drug-likeness (QED) is 0.750. The van der Waals surface area contributed by atoms with Gasteiger partial charge in [-0.3, -0.25) is 0 Å². The van der Waals surface area contributed by atoms with E-state index in [0.717, 1.165) is 0 Å². The van der Waals surface area contributed by atoms with Gasteiger partial charge >= 0.3 is 0 Å². The van der Waals surface area contributed by atoms with Gasteiger partial charge in [0.1, 0.15) is 0 Å². The van der Waals surface area contributed by atoms with Crippen LogP contribution < -0.4 is 5.30 Å². The molecule has 1 aromatic carbocycles. The van der Waals surface area contributed by atoms with E-state index in [1.54, 1.807) is 0 Å². The molecule has 0 saturated heterocycles. The SMILES string of the molecule is CCOP(=S)(c1ccccc1)C(C)(C)C. The van der Waals surface area contributed by atoms with Crippen molar-refractivity contribution in [3.8, 4) is 0 Å². The highest BCUT2D eigenvalue weighted by Gasteiger charge is 2.34. The summed E-state index contributed by atoms with van der Waals surface area (Å²) < 4.78 is 5.91. The Morgan fingerprint density at radius 2 is 1.73 bits per heavy atom. The molecule has 3 heteroatoms. The van der Waals surface area contributed by atoms with Crippen LogP contribution in [-0.2, 0) is 16.3 Å². The van der Waals surface area contributed by atoms with Crippen molar-refractivity contribution in [3.05, 3.63) is 30.3 Å². The molecule has 0 heterocycles. The topological polar surface area (TPSA) is 9.23 Å². The minimum absolute atomic E-state index is 0.0136. The maximum absolute atomic E-state index is 5.91. The summed E-state index contributed by atoms with van der Waals surface area (Å²) in [5.41, 5.74) is 0. The summed E-state index contributed by atoms with van der Waals surface area (Å²) in [4.78, 5) is 0. The normalized spacial score (nSPS) is 16.0. The van der Waals surface area contributed by atoms with Gasteiger partial charge in [-0.1, -0.05) is 62.9 Å². The van der Waals surface area contributed by atoms with Crippen LogP contribution in [0.5, 0.6) is 0 Å². The van der Waals surface area contributed by atoms with E-state index in [4.69, 9.17) is 16.3 Å². The first kappa shape index (κ1) is 12.9. The summed E-state index contributed by atoms with van der Waals surface area (Å²) >= 11 is 5.79. The average molecular weight is 242 g/mol. The summed E-state index contributed by atoms with van der Waals surface area (Å²) in [5, 5.41) is 1.19. The van der Waals surface area contributed by atoms with E-state index in [1.807, 2.05) is 25.1 Å². The standard InChI is InChI=1S/C12H19OPS/c1-5-13-14(15,12(2,3)4)11-9-7-6-8-10-11/h6-10H,5H2,1-4H3. The fourth-order valence-electron chi connectivity index (χ4n) is 1.46. The van der Waals surface area contributed by atoms with E-state index in [9.17, 15) is 0 Å². The van der Waals surface area contributed by atoms with Crippen molar-refractivity contribution in [1.82, 2.24) is 0 Å². The van der Waals surface area contributed by atoms with Gasteiger partial charge in [0.25, 0.3) is 0 Å². The lowest BCUT2D eigenvalue weighted by Crippen LogP contribution is -2.24. The zero-order valence-corrected chi connectivity index (χ0v) is 11.6. The molecule has 0 aliphatic carbocycles. The van der Waals surface area contributed by atoms with E-state index in [0.29, 0.717) is 6.61 Å². The Bertz CT molecular complexity index is 354. The molecule has 1 atom stereocenters. The molecule has 1 rings (SSSR count). The summed E-state index contributed by atoms with van der Waals surface area (Å²) in [7, 11) is 0. The first-order chi connectivity index (χ1) is 6.92. The van der Waals surface area contributed by atoms with Crippen molar-refractivity contribution in [2.45, 2.75) is 32.9 Å². The summed E-state index contributed by atoms with van der Waals surface area (Å²) in [5.74, 6) is 0. The zero-order chi connectivity index (χ0) is 11.5. The Morgan fingerprint density at radius 1 is 1.20 bits per heavy atom. The second kappa shape index (κ2) is 4.78. The molecular weight excluding hydrogens is 223 g/mol. The molecule has 0 saturated carbocycles. The van der Waals surface area contributed by atoms with E-state index in [2.05, 4.69) is 32.9 Å². The maximum Gasteiger partial charge on any atom is 0.0997 e. The van der Waals surface area contributed by atoms with Gasteiger partial charge in [0, 0.05) is 17.1 Å². The molecule has 84 valence electrons. The van der Waals surface area contributed by atoms with E-state index in [1.165, 1.54) is 5.30 Å². The number of hydrogen-bond acceptors (Lipinski definition) is 2. The minimum Gasteiger partial charge on any atom is -0.346 e. The lowest BCUT2D eigenvalue weighted by molar-refractivity contribution is 0.369. The fourth-order valence-corrected chi connectivity index (χ4v) is 4.38. The minimum atomic E-state index is -1.92. The Balaban J connectivity index is 3.20. The van der Waals surface area contributed by atoms with Gasteiger partial charge < -0.3 is 4.52 Å². The van der Waals surface area contributed by atoms with Gasteiger partial charge in [0.2, 0.25) is 0 Å². The molecule has 0 spiro atoms. The van der Waals surface area contributed by atoms with Gasteiger partial charge in [-0.25, -0.2) is 0 Å². The molecule has 0 bridgehead atoms. The van der Waals surface area contributed by atoms with Gasteiger partial charge in [-0.2, -0.15) is 0 Å². The number of hydrogen-bond donors (Lipinski definition) is 0. The van der Waals surface area contributed by atoms with Gasteiger partial charge in [-0.15, -0.1) is 0 Å². The van der Waals surface area contributed by atoms with Crippen molar-refractivity contribution >= 4 is 23.4 Å². The molecule has 0 aliphatic heterocycles. The second-order valence-corrected chi connectivity index (χ2v) is 9.24. The highest BCUT2D eigenvalue weighted by atomic mass is 32.4. The third-order valence-electron chi connectivity index (χ3n) is 2.29. The fraction of sp³-hybridized carbons (Fsp3) is 0.500. The van der Waals surface area contributed by atoms with Crippen LogP contribution >= 0.6 is 6.26 Å². The van der Waals surface area contributed by atoms with Crippen LogP contribution in [0.2, 0.25) is 0 Å². The zero-order valence-electron chi connectivity index (χ0n) is 9.86. The largest absolute Gasteiger partial charge is 0.346 e. The molecular formula is C12H19OPS. The molecule has 0 radical (unpaired) electrons. The average Bonchev–Trinajstić information content (AvgIpc) is 2.18. The van der Waals surface area contributed by atoms with Gasteiger partial charge in [0.05, 0.1) is 6.26 Å². The summed E-state index contributed by atoms with van der Waals surface area (Å²) in [6.07, 6.45) is -1.92. The predicted octanol–water partition coefficient (Wildman–Crippen LogP) is 3.54. The molecule has 1 aromatic rings. The lowest BCUT2D eigenvalue weighted by atomic mass is 10.3. The monoisotopic (exact) mass is 242 g/mol. The Labute approximate surface area is 97.9 Å². The van der Waals surface area contributed by atoms with Crippen LogP contribution in [0.3, 0.4) is 0 Å². The molecule has 0 aliphatic rings. The lowest BCUT2D eigenvalue weighted by Gasteiger charge is -2.34. The molecule has 15 heavy (non-hydrogen) atoms. The van der Waals surface area contributed by atoms with Crippen molar-refractivity contribution in [2.75, 3.05) is 6.61 Å². The summed E-state index contributed by atoms with van der Waals surface area (Å²) in [6.45, 7) is 9.18. The smallest absolute Gasteiger partial charge is 0.0997 e. The maximum atomic E-state index is 5.91. The first-order valence-corrected chi connectivity index (χ1v) is 7.94. The van der Waals surface area contributed by atoms with Crippen LogP contribution in [0.4, 0.5) is 0 Å². The highest BCUT2D eigenvalue weighted by Crippen LogP contribution is 2.57. The second-order valence-electron chi connectivity index (χ2n) is 4.48. The molecule has 0 aromatic heterocycles. The first-order valence-electron chi connectivity index (χ1n) is 5.22. The Morgan fingerprint density at radius 3 is 2.13 bits per heavy atom. The van der Waals surface area contributed by atoms with Crippen molar-refractivity contribution in [2.24, 2.45) is 0 Å². The van der Waals surface area contributed by atoms with Crippen molar-refractivity contribution in [3.63, 3.8) is 0 Å². The highest BCUT2D eigenvalue weighted by molar-refractivity contribution is 8.16. The Kier molecular flexibility index (Phi) is 4.11. The van der Waals surface area contributed by atoms with Crippen LogP contribution in [0, 0.1) is 0 Å². The van der Waals surface area contributed by atoms with Crippen LogP contribution in [-0.4, -0.2) is 11.8 Å². The number of benzene rings is 1.